The van der Waals surface area contributed by atoms with E-state index < -0.39 is 12.5 Å². The Labute approximate surface area is 76.3 Å². The molecule has 0 saturated carbocycles. The van der Waals surface area contributed by atoms with Crippen molar-refractivity contribution in [3.05, 3.63) is 0 Å². The molecule has 0 saturated heterocycles. The first-order valence-corrected chi connectivity index (χ1v) is 5.35. The molecule has 70 valence electrons. The van der Waals surface area contributed by atoms with Gasteiger partial charge in [0.05, 0.1) is 0 Å². The molecule has 0 heterocycles. The molecule has 0 unspecified atom stereocenters. The summed E-state index contributed by atoms with van der Waals surface area (Å²) < 4.78 is 4.60. The van der Waals surface area contributed by atoms with Crippen LogP contribution in [0.5, 0.6) is 0 Å². The molecule has 0 aromatic heterocycles. The number of carbonyl (C=O) groups excluding carboxylic acids is 1. The largest absolute Gasteiger partial charge is 0.344 e. The maximum absolute atomic E-state index is 10.4. The van der Waals surface area contributed by atoms with Crippen LogP contribution in [0, 0.1) is 12.3 Å². The van der Waals surface area contributed by atoms with Crippen molar-refractivity contribution in [2.45, 2.75) is 6.92 Å². The van der Waals surface area contributed by atoms with Crippen LogP contribution < -0.4 is 11.2 Å². The SMILES string of the molecule is C#CCO[P@](O)(=S)NC(C)=O.N. The molecule has 1 amide bonds. The lowest BCUT2D eigenvalue weighted by atomic mass is 10.8. The van der Waals surface area contributed by atoms with Gasteiger partial charge in [-0.2, -0.15) is 0 Å². The van der Waals surface area contributed by atoms with E-state index in [0.29, 0.717) is 0 Å². The van der Waals surface area contributed by atoms with Crippen molar-refractivity contribution in [3.63, 3.8) is 0 Å². The molecule has 0 aromatic carbocycles. The van der Waals surface area contributed by atoms with E-state index in [4.69, 9.17) is 11.3 Å². The molecule has 0 fully saturated rings. The number of hydrogen-bond donors (Lipinski definition) is 3. The predicted molar refractivity (Wildman–Crippen MR) is 50.1 cm³/mol. The van der Waals surface area contributed by atoms with E-state index in [9.17, 15) is 4.79 Å². The van der Waals surface area contributed by atoms with Gasteiger partial charge in [-0.1, -0.05) is 5.92 Å². The second-order valence-corrected chi connectivity index (χ2v) is 4.67. The highest BCUT2D eigenvalue weighted by Crippen LogP contribution is 2.36. The van der Waals surface area contributed by atoms with Gasteiger partial charge in [0.1, 0.15) is 6.61 Å². The van der Waals surface area contributed by atoms with Crippen LogP contribution in [-0.2, 0) is 21.1 Å². The van der Waals surface area contributed by atoms with Gasteiger partial charge in [0.15, 0.2) is 0 Å². The first kappa shape index (κ1) is 14.1. The smallest absolute Gasteiger partial charge is 0.287 e. The average molecular weight is 210 g/mol. The molecule has 5 N–H and O–H groups in total. The van der Waals surface area contributed by atoms with Crippen LogP contribution in [0.25, 0.3) is 0 Å². The Morgan fingerprint density at radius 2 is 2.42 bits per heavy atom. The van der Waals surface area contributed by atoms with Crippen molar-refractivity contribution in [2.75, 3.05) is 6.61 Å². The summed E-state index contributed by atoms with van der Waals surface area (Å²) in [5.74, 6) is 1.69. The molecule has 0 rings (SSSR count). The van der Waals surface area contributed by atoms with E-state index in [1.807, 2.05) is 0 Å². The Hall–Kier alpha value is -0.440. The molecule has 5 nitrogen and oxygen atoms in total. The molecule has 12 heavy (non-hydrogen) atoms. The predicted octanol–water partition coefficient (Wildman–Crippen LogP) is 0.151. The second kappa shape index (κ2) is 6.12. The van der Waals surface area contributed by atoms with Crippen molar-refractivity contribution in [3.8, 4) is 12.3 Å². The molecule has 1 atom stereocenters. The minimum atomic E-state index is -3.17. The molecular weight excluding hydrogens is 199 g/mol. The van der Waals surface area contributed by atoms with Gasteiger partial charge < -0.3 is 15.6 Å². The normalized spacial score (nSPS) is 13.4. The Morgan fingerprint density at radius 3 is 2.75 bits per heavy atom. The lowest BCUT2D eigenvalue weighted by molar-refractivity contribution is -0.117. The van der Waals surface area contributed by atoms with Gasteiger partial charge in [-0.3, -0.25) is 9.88 Å². The molecular formula is C5H11N2O3PS. The molecule has 0 aliphatic heterocycles. The molecule has 7 heteroatoms. The van der Waals surface area contributed by atoms with E-state index in [1.165, 1.54) is 6.92 Å². The van der Waals surface area contributed by atoms with E-state index in [-0.39, 0.29) is 12.8 Å². The number of carbonyl (C=O) groups is 1. The Balaban J connectivity index is 0. The summed E-state index contributed by atoms with van der Waals surface area (Å²) in [5, 5.41) is 2.08. The van der Waals surface area contributed by atoms with Crippen LogP contribution in [0.4, 0.5) is 0 Å². The van der Waals surface area contributed by atoms with Gasteiger partial charge in [-0.15, -0.1) is 6.42 Å². The fourth-order valence-electron chi connectivity index (χ4n) is 0.356. The van der Waals surface area contributed by atoms with Gasteiger partial charge >= 0.3 is 0 Å². The Morgan fingerprint density at radius 1 is 1.92 bits per heavy atom. The molecule has 0 bridgehead atoms. The molecule has 0 aliphatic carbocycles. The standard InChI is InChI=1S/C5H8NO3PS.H3N/c1-3-4-9-10(8,11)6-5(2)7;/h1H,4H2,2H3,(H2,6,7,8,11);1H3/t10-;/m0./s1. The van der Waals surface area contributed by atoms with Crippen LogP contribution in [0.15, 0.2) is 0 Å². The van der Waals surface area contributed by atoms with Crippen molar-refractivity contribution in [1.29, 1.82) is 0 Å². The zero-order valence-electron chi connectivity index (χ0n) is 6.61. The van der Waals surface area contributed by atoms with Gasteiger partial charge in [0, 0.05) is 6.92 Å². The third-order valence-corrected chi connectivity index (χ3v) is 2.29. The number of nitrogens with one attached hydrogen (secondary N) is 1. The van der Waals surface area contributed by atoms with E-state index in [2.05, 4.69) is 27.3 Å². The first-order valence-electron chi connectivity index (χ1n) is 2.67. The maximum Gasteiger partial charge on any atom is 0.287 e. The Kier molecular flexibility index (Phi) is 7.19. The lowest BCUT2D eigenvalue weighted by Crippen LogP contribution is -2.17. The lowest BCUT2D eigenvalue weighted by Gasteiger charge is -2.13. The van der Waals surface area contributed by atoms with Crippen LogP contribution in [0.3, 0.4) is 0 Å². The summed E-state index contributed by atoms with van der Waals surface area (Å²) in [5.41, 5.74) is 0. The fraction of sp³-hybridized carbons (Fsp3) is 0.400. The van der Waals surface area contributed by atoms with Crippen molar-refractivity contribution in [2.24, 2.45) is 0 Å². The van der Waals surface area contributed by atoms with Crippen molar-refractivity contribution < 1.29 is 14.2 Å². The number of rotatable bonds is 3. The highest BCUT2D eigenvalue weighted by molar-refractivity contribution is 8.08. The summed E-state index contributed by atoms with van der Waals surface area (Å²) in [6, 6.07) is 0. The van der Waals surface area contributed by atoms with Gasteiger partial charge in [0.25, 0.3) is 6.64 Å². The summed E-state index contributed by atoms with van der Waals surface area (Å²) in [6.45, 7) is -2.04. The quantitative estimate of drug-likeness (QED) is 0.455. The van der Waals surface area contributed by atoms with Crippen LogP contribution >= 0.6 is 6.64 Å². The highest BCUT2D eigenvalue weighted by atomic mass is 32.5. The monoisotopic (exact) mass is 210 g/mol. The van der Waals surface area contributed by atoms with E-state index in [0.717, 1.165) is 0 Å². The van der Waals surface area contributed by atoms with Crippen LogP contribution in [0.2, 0.25) is 0 Å². The first-order chi connectivity index (χ1) is 4.98. The maximum atomic E-state index is 10.4. The third kappa shape index (κ3) is 7.66. The molecule has 0 spiro atoms. The number of terminal acetylenes is 1. The molecule has 0 radical (unpaired) electrons. The van der Waals surface area contributed by atoms with Crippen LogP contribution in [-0.4, -0.2) is 17.4 Å². The van der Waals surface area contributed by atoms with Crippen LogP contribution in [0.1, 0.15) is 6.92 Å². The summed E-state index contributed by atoms with van der Waals surface area (Å²) in [6.07, 6.45) is 4.84. The Bertz CT molecular complexity index is 237. The van der Waals surface area contributed by atoms with Gasteiger partial charge in [0.2, 0.25) is 5.91 Å². The second-order valence-electron chi connectivity index (χ2n) is 1.67. The minimum absolute atomic E-state index is 0. The zero-order valence-corrected chi connectivity index (χ0v) is 8.32. The fourth-order valence-corrected chi connectivity index (χ4v) is 1.61. The minimum Gasteiger partial charge on any atom is -0.344 e. The molecule has 0 aromatic rings. The van der Waals surface area contributed by atoms with Crippen molar-refractivity contribution in [1.82, 2.24) is 11.2 Å². The summed E-state index contributed by atoms with van der Waals surface area (Å²) in [7, 11) is 0. The average Bonchev–Trinajstić information content (AvgIpc) is 1.81. The zero-order chi connectivity index (χ0) is 8.91. The third-order valence-electron chi connectivity index (χ3n) is 0.622. The van der Waals surface area contributed by atoms with E-state index in [1.54, 1.807) is 0 Å². The van der Waals surface area contributed by atoms with Gasteiger partial charge in [-0.05, 0) is 11.8 Å². The van der Waals surface area contributed by atoms with Crippen molar-refractivity contribution >= 4 is 24.4 Å². The molecule has 0 aliphatic rings. The summed E-state index contributed by atoms with van der Waals surface area (Å²) in [4.78, 5) is 19.5. The number of hydrogen-bond acceptors (Lipinski definition) is 4. The highest BCUT2D eigenvalue weighted by Gasteiger charge is 2.13. The topological polar surface area (TPSA) is 93.6 Å². The summed E-state index contributed by atoms with van der Waals surface area (Å²) >= 11 is 4.50. The number of amides is 1. The van der Waals surface area contributed by atoms with Gasteiger partial charge in [-0.25, -0.2) is 0 Å². The van der Waals surface area contributed by atoms with E-state index >= 15 is 0 Å².